The monoisotopic (exact) mass is 486 g/mol. The lowest BCUT2D eigenvalue weighted by Crippen LogP contribution is -2.31. The SMILES string of the molecule is O=C(OCC(=O)N1N=C(c2ccc3ccccc3c2)CC1c1ccccc1)c1cnc2ccccc2n1. The lowest BCUT2D eigenvalue weighted by molar-refractivity contribution is -0.136. The van der Waals surface area contributed by atoms with Gasteiger partial charge in [0, 0.05) is 6.42 Å². The van der Waals surface area contributed by atoms with Crippen LogP contribution in [0.15, 0.2) is 108 Å². The van der Waals surface area contributed by atoms with E-state index in [1.807, 2.05) is 66.7 Å². The second-order valence-electron chi connectivity index (χ2n) is 8.80. The third-order valence-corrected chi connectivity index (χ3v) is 6.42. The van der Waals surface area contributed by atoms with Gasteiger partial charge >= 0.3 is 5.97 Å². The van der Waals surface area contributed by atoms with E-state index in [-0.39, 0.29) is 11.7 Å². The maximum atomic E-state index is 13.3. The smallest absolute Gasteiger partial charge is 0.359 e. The topological polar surface area (TPSA) is 84.8 Å². The molecular weight excluding hydrogens is 464 g/mol. The Labute approximate surface area is 213 Å². The first-order chi connectivity index (χ1) is 18.2. The van der Waals surface area contributed by atoms with Crippen molar-refractivity contribution in [3.63, 3.8) is 0 Å². The van der Waals surface area contributed by atoms with Crippen LogP contribution in [0.5, 0.6) is 0 Å². The number of esters is 1. The van der Waals surface area contributed by atoms with Crippen LogP contribution in [-0.2, 0) is 9.53 Å². The Balaban J connectivity index is 1.24. The van der Waals surface area contributed by atoms with E-state index in [0.717, 1.165) is 27.6 Å². The van der Waals surface area contributed by atoms with Crippen LogP contribution in [0.1, 0.15) is 34.1 Å². The predicted molar refractivity (Wildman–Crippen MR) is 141 cm³/mol. The summed E-state index contributed by atoms with van der Waals surface area (Å²) in [5.41, 5.74) is 4.03. The number of ether oxygens (including phenoxy) is 1. The van der Waals surface area contributed by atoms with Gasteiger partial charge in [-0.05, 0) is 40.1 Å². The van der Waals surface area contributed by atoms with Crippen molar-refractivity contribution in [2.24, 2.45) is 5.10 Å². The number of hydrogen-bond donors (Lipinski definition) is 0. The number of rotatable bonds is 5. The lowest BCUT2D eigenvalue weighted by atomic mass is 9.97. The van der Waals surface area contributed by atoms with Gasteiger partial charge in [-0.25, -0.2) is 14.8 Å². The molecule has 0 bridgehead atoms. The molecule has 37 heavy (non-hydrogen) atoms. The zero-order valence-electron chi connectivity index (χ0n) is 19.8. The molecule has 1 atom stereocenters. The number of amides is 1. The van der Waals surface area contributed by atoms with Gasteiger partial charge in [0.25, 0.3) is 5.91 Å². The maximum absolute atomic E-state index is 13.3. The Morgan fingerprint density at radius 2 is 1.57 bits per heavy atom. The molecule has 0 fully saturated rings. The number of carbonyl (C=O) groups is 2. The number of hydrogen-bond acceptors (Lipinski definition) is 6. The van der Waals surface area contributed by atoms with Crippen LogP contribution >= 0.6 is 0 Å². The van der Waals surface area contributed by atoms with Crippen molar-refractivity contribution in [1.82, 2.24) is 15.0 Å². The fourth-order valence-electron chi connectivity index (χ4n) is 4.54. The maximum Gasteiger partial charge on any atom is 0.359 e. The highest BCUT2D eigenvalue weighted by Gasteiger charge is 2.33. The van der Waals surface area contributed by atoms with E-state index in [4.69, 9.17) is 9.84 Å². The summed E-state index contributed by atoms with van der Waals surface area (Å²) in [7, 11) is 0. The van der Waals surface area contributed by atoms with Crippen molar-refractivity contribution in [1.29, 1.82) is 0 Å². The van der Waals surface area contributed by atoms with Gasteiger partial charge < -0.3 is 4.74 Å². The molecule has 1 aliphatic heterocycles. The first-order valence-electron chi connectivity index (χ1n) is 12.0. The van der Waals surface area contributed by atoms with Crippen LogP contribution in [0.3, 0.4) is 0 Å². The molecule has 0 spiro atoms. The lowest BCUT2D eigenvalue weighted by Gasteiger charge is -2.21. The number of hydrazone groups is 1. The number of para-hydroxylation sites is 2. The Kier molecular flexibility index (Phi) is 5.86. The van der Waals surface area contributed by atoms with E-state index in [0.29, 0.717) is 17.5 Å². The van der Waals surface area contributed by atoms with Gasteiger partial charge in [0.1, 0.15) is 0 Å². The molecule has 7 nitrogen and oxygen atoms in total. The molecule has 1 aliphatic rings. The highest BCUT2D eigenvalue weighted by molar-refractivity contribution is 6.05. The van der Waals surface area contributed by atoms with Gasteiger partial charge in [-0.2, -0.15) is 5.10 Å². The number of benzene rings is 4. The average Bonchev–Trinajstić information content (AvgIpc) is 3.41. The van der Waals surface area contributed by atoms with Gasteiger partial charge in [-0.3, -0.25) is 9.78 Å². The van der Waals surface area contributed by atoms with Crippen molar-refractivity contribution in [3.8, 4) is 0 Å². The van der Waals surface area contributed by atoms with Crippen molar-refractivity contribution in [2.75, 3.05) is 6.61 Å². The minimum atomic E-state index is -0.708. The van der Waals surface area contributed by atoms with E-state index in [9.17, 15) is 9.59 Å². The molecule has 2 heterocycles. The highest BCUT2D eigenvalue weighted by Crippen LogP contribution is 2.33. The molecule has 4 aromatic carbocycles. The zero-order chi connectivity index (χ0) is 25.2. The minimum Gasteiger partial charge on any atom is -0.451 e. The molecule has 0 radical (unpaired) electrons. The second kappa shape index (κ2) is 9.62. The van der Waals surface area contributed by atoms with Crippen LogP contribution in [0, 0.1) is 0 Å². The summed E-state index contributed by atoms with van der Waals surface area (Å²) < 4.78 is 5.33. The Morgan fingerprint density at radius 3 is 2.41 bits per heavy atom. The van der Waals surface area contributed by atoms with Crippen molar-refractivity contribution >= 4 is 39.4 Å². The first kappa shape index (κ1) is 22.5. The number of fused-ring (bicyclic) bond motifs is 2. The summed E-state index contributed by atoms with van der Waals surface area (Å²) in [6, 6.07) is 31.0. The number of nitrogens with zero attached hydrogens (tertiary/aromatic N) is 4. The van der Waals surface area contributed by atoms with Gasteiger partial charge in [0.05, 0.1) is 29.0 Å². The van der Waals surface area contributed by atoms with Crippen LogP contribution in [-0.4, -0.2) is 39.2 Å². The Bertz CT molecular complexity index is 1670. The summed E-state index contributed by atoms with van der Waals surface area (Å²) in [4.78, 5) is 34.5. The number of carbonyl (C=O) groups excluding carboxylic acids is 2. The third kappa shape index (κ3) is 4.54. The Hall–Kier alpha value is -4.91. The average molecular weight is 487 g/mol. The Morgan fingerprint density at radius 1 is 0.838 bits per heavy atom. The standard InChI is InChI=1S/C30H22N4O3/c35-29(19-37-30(36)27-18-31-24-12-6-7-13-25(24)32-27)34-28(21-9-2-1-3-10-21)17-26(33-34)23-15-14-20-8-4-5-11-22(20)16-23/h1-16,18,28H,17,19H2. The molecule has 6 rings (SSSR count). The van der Waals surface area contributed by atoms with Crippen LogP contribution < -0.4 is 0 Å². The molecule has 0 N–H and O–H groups in total. The summed E-state index contributed by atoms with van der Waals surface area (Å²) in [6.07, 6.45) is 1.91. The molecule has 1 aromatic heterocycles. The van der Waals surface area contributed by atoms with E-state index in [1.165, 1.54) is 11.2 Å². The molecule has 0 aliphatic carbocycles. The normalized spacial score (nSPS) is 15.1. The van der Waals surface area contributed by atoms with Gasteiger partial charge in [0.15, 0.2) is 12.3 Å². The van der Waals surface area contributed by atoms with Crippen molar-refractivity contribution in [2.45, 2.75) is 12.5 Å². The molecule has 1 amide bonds. The van der Waals surface area contributed by atoms with Crippen molar-refractivity contribution in [3.05, 3.63) is 120 Å². The summed E-state index contributed by atoms with van der Waals surface area (Å²) in [6.45, 7) is -0.453. The van der Waals surface area contributed by atoms with E-state index in [1.54, 1.807) is 6.07 Å². The molecule has 7 heteroatoms. The predicted octanol–water partition coefficient (Wildman–Crippen LogP) is 5.32. The second-order valence-corrected chi connectivity index (χ2v) is 8.80. The molecule has 1 unspecified atom stereocenters. The largest absolute Gasteiger partial charge is 0.451 e. The highest BCUT2D eigenvalue weighted by atomic mass is 16.5. The van der Waals surface area contributed by atoms with Gasteiger partial charge in [-0.1, -0.05) is 78.9 Å². The van der Waals surface area contributed by atoms with Crippen LogP contribution in [0.25, 0.3) is 21.8 Å². The van der Waals surface area contributed by atoms with E-state index >= 15 is 0 Å². The van der Waals surface area contributed by atoms with E-state index in [2.05, 4.69) is 34.2 Å². The van der Waals surface area contributed by atoms with Crippen LogP contribution in [0.4, 0.5) is 0 Å². The molecule has 0 saturated carbocycles. The van der Waals surface area contributed by atoms with Crippen LogP contribution in [0.2, 0.25) is 0 Å². The summed E-state index contributed by atoms with van der Waals surface area (Å²) >= 11 is 0. The van der Waals surface area contributed by atoms with Gasteiger partial charge in [-0.15, -0.1) is 0 Å². The molecule has 0 saturated heterocycles. The molecule has 5 aromatic rings. The summed E-state index contributed by atoms with van der Waals surface area (Å²) in [5, 5.41) is 8.37. The third-order valence-electron chi connectivity index (χ3n) is 6.42. The quantitative estimate of drug-likeness (QED) is 0.314. The fourth-order valence-corrected chi connectivity index (χ4v) is 4.54. The summed E-state index contributed by atoms with van der Waals surface area (Å²) in [5.74, 6) is -1.12. The fraction of sp³-hybridized carbons (Fsp3) is 0.100. The van der Waals surface area contributed by atoms with Crippen molar-refractivity contribution < 1.29 is 14.3 Å². The van der Waals surface area contributed by atoms with E-state index < -0.39 is 18.5 Å². The first-order valence-corrected chi connectivity index (χ1v) is 12.0. The molecular formula is C30H22N4O3. The minimum absolute atomic E-state index is 0.0490. The number of aromatic nitrogens is 2. The zero-order valence-corrected chi connectivity index (χ0v) is 19.8. The van der Waals surface area contributed by atoms with Gasteiger partial charge in [0.2, 0.25) is 0 Å². The molecule has 180 valence electrons.